The SMILES string of the molecule is CC(=O)C1(C2(C(=O)OC(C)C)CC2)C=CC(c2ccccc2)=CC1. The number of carbonyl (C=O) groups is 2. The summed E-state index contributed by atoms with van der Waals surface area (Å²) in [5.41, 5.74) is 0.774. The van der Waals surface area contributed by atoms with E-state index in [1.54, 1.807) is 6.92 Å². The average molecular weight is 324 g/mol. The van der Waals surface area contributed by atoms with E-state index in [1.165, 1.54) is 0 Å². The summed E-state index contributed by atoms with van der Waals surface area (Å²) in [6.45, 7) is 5.28. The van der Waals surface area contributed by atoms with Crippen LogP contribution in [0.1, 0.15) is 45.6 Å². The van der Waals surface area contributed by atoms with Crippen molar-refractivity contribution in [3.05, 3.63) is 54.1 Å². The third kappa shape index (κ3) is 2.62. The summed E-state index contributed by atoms with van der Waals surface area (Å²) in [7, 11) is 0. The molecule has 24 heavy (non-hydrogen) atoms. The minimum Gasteiger partial charge on any atom is -0.463 e. The van der Waals surface area contributed by atoms with Crippen LogP contribution in [0.5, 0.6) is 0 Å². The van der Waals surface area contributed by atoms with E-state index in [1.807, 2.05) is 44.2 Å². The van der Waals surface area contributed by atoms with Crippen LogP contribution < -0.4 is 0 Å². The van der Waals surface area contributed by atoms with Gasteiger partial charge in [0, 0.05) is 0 Å². The minimum atomic E-state index is -0.767. The molecule has 1 atom stereocenters. The molecule has 1 saturated carbocycles. The molecule has 0 amide bonds. The van der Waals surface area contributed by atoms with Crippen LogP contribution in [0.3, 0.4) is 0 Å². The van der Waals surface area contributed by atoms with E-state index in [0.717, 1.165) is 24.0 Å². The van der Waals surface area contributed by atoms with Gasteiger partial charge in [-0.15, -0.1) is 0 Å². The van der Waals surface area contributed by atoms with Gasteiger partial charge in [0.1, 0.15) is 5.78 Å². The number of hydrogen-bond donors (Lipinski definition) is 0. The number of Topliss-reactive ketones (excluding diaryl/α,β-unsaturated/α-hetero) is 1. The standard InChI is InChI=1S/C21H24O3/c1-15(2)24-19(23)21(13-14-21)20(16(3)22)11-9-18(10-12-20)17-7-5-4-6-8-17/h4-11,15H,12-14H2,1-3H3. The van der Waals surface area contributed by atoms with Gasteiger partial charge in [-0.05, 0) is 51.2 Å². The maximum Gasteiger partial charge on any atom is 0.313 e. The number of ether oxygens (including phenoxy) is 1. The molecule has 0 heterocycles. The highest BCUT2D eigenvalue weighted by Gasteiger charge is 2.66. The predicted molar refractivity (Wildman–Crippen MR) is 94.2 cm³/mol. The molecule has 1 unspecified atom stereocenters. The fourth-order valence-corrected chi connectivity index (χ4v) is 3.72. The zero-order valence-electron chi connectivity index (χ0n) is 14.5. The molecule has 3 heteroatoms. The molecule has 0 N–H and O–H groups in total. The molecule has 0 bridgehead atoms. The van der Waals surface area contributed by atoms with Gasteiger partial charge in [-0.3, -0.25) is 9.59 Å². The number of hydrogen-bond acceptors (Lipinski definition) is 3. The van der Waals surface area contributed by atoms with Crippen molar-refractivity contribution >= 4 is 17.3 Å². The first-order valence-corrected chi connectivity index (χ1v) is 8.58. The molecule has 2 aliphatic carbocycles. The molecular formula is C21H24O3. The van der Waals surface area contributed by atoms with E-state index in [9.17, 15) is 9.59 Å². The maximum atomic E-state index is 12.7. The van der Waals surface area contributed by atoms with Gasteiger partial charge in [0.05, 0.1) is 16.9 Å². The molecule has 0 saturated heterocycles. The summed E-state index contributed by atoms with van der Waals surface area (Å²) in [6, 6.07) is 10.1. The zero-order valence-corrected chi connectivity index (χ0v) is 14.5. The molecule has 1 fully saturated rings. The Balaban J connectivity index is 1.91. The Kier molecular flexibility index (Phi) is 4.20. The molecule has 3 nitrogen and oxygen atoms in total. The number of rotatable bonds is 5. The molecule has 0 spiro atoms. The monoisotopic (exact) mass is 324 g/mol. The average Bonchev–Trinajstić information content (AvgIpc) is 3.37. The summed E-state index contributed by atoms with van der Waals surface area (Å²) in [5.74, 6) is -0.186. The lowest BCUT2D eigenvalue weighted by atomic mass is 9.65. The first-order chi connectivity index (χ1) is 11.4. The Morgan fingerprint density at radius 2 is 1.79 bits per heavy atom. The molecule has 2 aliphatic rings. The number of allylic oxidation sites excluding steroid dienone is 4. The van der Waals surface area contributed by atoms with Crippen LogP contribution in [0.15, 0.2) is 48.6 Å². The molecule has 0 aliphatic heterocycles. The number of benzene rings is 1. The van der Waals surface area contributed by atoms with Crippen molar-refractivity contribution in [3.63, 3.8) is 0 Å². The summed E-state index contributed by atoms with van der Waals surface area (Å²) in [6.07, 6.45) is 7.85. The van der Waals surface area contributed by atoms with Crippen molar-refractivity contribution in [2.75, 3.05) is 0 Å². The van der Waals surface area contributed by atoms with E-state index in [2.05, 4.69) is 18.2 Å². The second-order valence-electron chi connectivity index (χ2n) is 7.13. The second kappa shape index (κ2) is 6.04. The fraction of sp³-hybridized carbons (Fsp3) is 0.429. The normalized spacial score (nSPS) is 24.4. The highest BCUT2D eigenvalue weighted by molar-refractivity contribution is 5.96. The summed E-state index contributed by atoms with van der Waals surface area (Å²) >= 11 is 0. The lowest BCUT2D eigenvalue weighted by Crippen LogP contribution is -2.43. The van der Waals surface area contributed by atoms with E-state index >= 15 is 0 Å². The second-order valence-corrected chi connectivity index (χ2v) is 7.13. The predicted octanol–water partition coefficient (Wildman–Crippen LogP) is 4.34. The van der Waals surface area contributed by atoms with Crippen molar-refractivity contribution in [1.29, 1.82) is 0 Å². The van der Waals surface area contributed by atoms with Crippen molar-refractivity contribution in [2.45, 2.75) is 46.1 Å². The van der Waals surface area contributed by atoms with Crippen LogP contribution in [0, 0.1) is 10.8 Å². The Labute approximate surface area is 143 Å². The van der Waals surface area contributed by atoms with Crippen LogP contribution in [0.2, 0.25) is 0 Å². The molecule has 0 aromatic heterocycles. The Morgan fingerprint density at radius 3 is 2.25 bits per heavy atom. The van der Waals surface area contributed by atoms with Crippen molar-refractivity contribution in [1.82, 2.24) is 0 Å². The fourth-order valence-electron chi connectivity index (χ4n) is 3.72. The highest BCUT2D eigenvalue weighted by Crippen LogP contribution is 2.63. The van der Waals surface area contributed by atoms with Crippen molar-refractivity contribution in [2.24, 2.45) is 10.8 Å². The minimum absolute atomic E-state index is 0.0420. The van der Waals surface area contributed by atoms with Crippen molar-refractivity contribution in [3.8, 4) is 0 Å². The van der Waals surface area contributed by atoms with E-state index in [0.29, 0.717) is 6.42 Å². The number of esters is 1. The Bertz CT molecular complexity index is 708. The Morgan fingerprint density at radius 1 is 1.12 bits per heavy atom. The summed E-state index contributed by atoms with van der Waals surface area (Å²) < 4.78 is 5.47. The maximum absolute atomic E-state index is 12.7. The van der Waals surface area contributed by atoms with Gasteiger partial charge in [-0.2, -0.15) is 0 Å². The number of ketones is 1. The highest BCUT2D eigenvalue weighted by atomic mass is 16.5. The van der Waals surface area contributed by atoms with Gasteiger partial charge in [0.25, 0.3) is 0 Å². The zero-order chi connectivity index (χ0) is 17.4. The summed E-state index contributed by atoms with van der Waals surface area (Å²) in [5, 5.41) is 0. The van der Waals surface area contributed by atoms with Crippen LogP contribution >= 0.6 is 0 Å². The molecule has 3 rings (SSSR count). The number of carbonyl (C=O) groups excluding carboxylic acids is 2. The first-order valence-electron chi connectivity index (χ1n) is 8.58. The van der Waals surface area contributed by atoms with Crippen molar-refractivity contribution < 1.29 is 14.3 Å². The van der Waals surface area contributed by atoms with Gasteiger partial charge in [0.2, 0.25) is 0 Å². The first kappa shape index (κ1) is 16.7. The molecule has 126 valence electrons. The molecule has 1 aromatic carbocycles. The van der Waals surface area contributed by atoms with Gasteiger partial charge >= 0.3 is 5.97 Å². The topological polar surface area (TPSA) is 43.4 Å². The van der Waals surface area contributed by atoms with Crippen LogP contribution in [-0.4, -0.2) is 17.9 Å². The summed E-state index contributed by atoms with van der Waals surface area (Å²) in [4.78, 5) is 25.2. The molecule has 0 radical (unpaired) electrons. The van der Waals surface area contributed by atoms with Crippen LogP contribution in [0.25, 0.3) is 5.57 Å². The quantitative estimate of drug-likeness (QED) is 0.757. The van der Waals surface area contributed by atoms with Gasteiger partial charge in [-0.25, -0.2) is 0 Å². The van der Waals surface area contributed by atoms with Crippen LogP contribution in [0.4, 0.5) is 0 Å². The van der Waals surface area contributed by atoms with Gasteiger partial charge in [0.15, 0.2) is 0 Å². The Hall–Kier alpha value is -2.16. The van der Waals surface area contributed by atoms with E-state index < -0.39 is 10.8 Å². The lowest BCUT2D eigenvalue weighted by Gasteiger charge is -2.37. The third-order valence-corrected chi connectivity index (χ3v) is 5.26. The van der Waals surface area contributed by atoms with E-state index in [4.69, 9.17) is 4.74 Å². The van der Waals surface area contributed by atoms with E-state index in [-0.39, 0.29) is 17.9 Å². The third-order valence-electron chi connectivity index (χ3n) is 5.26. The molecular weight excluding hydrogens is 300 g/mol. The lowest BCUT2D eigenvalue weighted by molar-refractivity contribution is -0.161. The van der Waals surface area contributed by atoms with Gasteiger partial charge in [-0.1, -0.05) is 48.6 Å². The smallest absolute Gasteiger partial charge is 0.313 e. The van der Waals surface area contributed by atoms with Gasteiger partial charge < -0.3 is 4.74 Å². The largest absolute Gasteiger partial charge is 0.463 e. The molecule has 1 aromatic rings. The van der Waals surface area contributed by atoms with Crippen LogP contribution in [-0.2, 0) is 14.3 Å².